The molecule has 0 aromatic heterocycles. The second-order valence-corrected chi connectivity index (χ2v) is 5.14. The second kappa shape index (κ2) is 5.94. The number of ketones is 1. The van der Waals surface area contributed by atoms with Crippen LogP contribution in [0, 0.1) is 5.92 Å². The van der Waals surface area contributed by atoms with Crippen molar-refractivity contribution < 1.29 is 9.59 Å². The number of Topliss-reactive ketones (excluding diaryl/α,β-unsaturated/α-hetero) is 1. The van der Waals surface area contributed by atoms with Crippen LogP contribution >= 0.6 is 11.6 Å². The molecule has 0 saturated carbocycles. The number of carbonyl (C=O) groups is 2. The lowest BCUT2D eigenvalue weighted by atomic mass is 10.1. The summed E-state index contributed by atoms with van der Waals surface area (Å²) in [6, 6.07) is 4.89. The van der Waals surface area contributed by atoms with E-state index < -0.39 is 0 Å². The molecular formula is C13H13ClN4O2. The maximum atomic E-state index is 12.1. The Balaban J connectivity index is 2.30. The van der Waals surface area contributed by atoms with E-state index in [1.54, 1.807) is 23.1 Å². The maximum Gasteiger partial charge on any atom is 0.227 e. The zero-order valence-corrected chi connectivity index (χ0v) is 11.7. The summed E-state index contributed by atoms with van der Waals surface area (Å²) in [4.78, 5) is 28.0. The van der Waals surface area contributed by atoms with Crippen LogP contribution in [0.15, 0.2) is 23.3 Å². The van der Waals surface area contributed by atoms with Crippen molar-refractivity contribution in [3.8, 4) is 0 Å². The molecule has 1 aromatic rings. The molecular weight excluding hydrogens is 280 g/mol. The van der Waals surface area contributed by atoms with Gasteiger partial charge in [-0.1, -0.05) is 16.7 Å². The SMILES string of the molecule is CC(=O)c1cc(Cl)ccc1N1CC(CN=[N+]=[N-])CC1=O. The molecule has 0 radical (unpaired) electrons. The number of hydrogen-bond acceptors (Lipinski definition) is 3. The molecule has 104 valence electrons. The maximum absolute atomic E-state index is 12.1. The minimum absolute atomic E-state index is 0.0195. The van der Waals surface area contributed by atoms with Crippen LogP contribution < -0.4 is 4.90 Å². The van der Waals surface area contributed by atoms with E-state index in [9.17, 15) is 9.59 Å². The predicted molar refractivity (Wildman–Crippen MR) is 75.9 cm³/mol. The molecule has 6 nitrogen and oxygen atoms in total. The van der Waals surface area contributed by atoms with Crippen molar-refractivity contribution in [2.24, 2.45) is 11.0 Å². The van der Waals surface area contributed by atoms with Gasteiger partial charge < -0.3 is 4.90 Å². The molecule has 1 amide bonds. The van der Waals surface area contributed by atoms with E-state index in [1.165, 1.54) is 6.92 Å². The normalized spacial score (nSPS) is 18.0. The highest BCUT2D eigenvalue weighted by atomic mass is 35.5. The van der Waals surface area contributed by atoms with E-state index in [2.05, 4.69) is 10.0 Å². The highest BCUT2D eigenvalue weighted by Gasteiger charge is 2.31. The van der Waals surface area contributed by atoms with Crippen LogP contribution in [-0.2, 0) is 4.79 Å². The van der Waals surface area contributed by atoms with Crippen LogP contribution in [0.25, 0.3) is 10.4 Å². The molecule has 0 spiro atoms. The van der Waals surface area contributed by atoms with E-state index in [4.69, 9.17) is 17.1 Å². The lowest BCUT2D eigenvalue weighted by Crippen LogP contribution is -2.26. The Hall–Kier alpha value is -2.04. The fraction of sp³-hybridized carbons (Fsp3) is 0.385. The highest BCUT2D eigenvalue weighted by molar-refractivity contribution is 6.31. The van der Waals surface area contributed by atoms with Gasteiger partial charge in [-0.25, -0.2) is 0 Å². The summed E-state index contributed by atoms with van der Waals surface area (Å²) >= 11 is 5.89. The standard InChI is InChI=1S/C13H13ClN4O2/c1-8(19)11-5-10(14)2-3-12(11)18-7-9(4-13(18)20)6-16-17-15/h2-3,5,9H,4,6-7H2,1H3. The summed E-state index contributed by atoms with van der Waals surface area (Å²) in [6.07, 6.45) is 0.318. The van der Waals surface area contributed by atoms with Gasteiger partial charge in [0.25, 0.3) is 0 Å². The quantitative estimate of drug-likeness (QED) is 0.369. The van der Waals surface area contributed by atoms with E-state index >= 15 is 0 Å². The van der Waals surface area contributed by atoms with Gasteiger partial charge in [0, 0.05) is 35.0 Å². The monoisotopic (exact) mass is 292 g/mol. The van der Waals surface area contributed by atoms with Gasteiger partial charge in [0.05, 0.1) is 5.69 Å². The van der Waals surface area contributed by atoms with Crippen LogP contribution in [0.5, 0.6) is 0 Å². The number of nitrogens with zero attached hydrogens (tertiary/aromatic N) is 4. The van der Waals surface area contributed by atoms with Gasteiger partial charge in [0.1, 0.15) is 0 Å². The fourth-order valence-corrected chi connectivity index (χ4v) is 2.49. The first-order valence-electron chi connectivity index (χ1n) is 6.14. The molecule has 1 saturated heterocycles. The Morgan fingerprint density at radius 1 is 1.60 bits per heavy atom. The van der Waals surface area contributed by atoms with E-state index in [0.29, 0.717) is 29.2 Å². The van der Waals surface area contributed by atoms with Crippen molar-refractivity contribution >= 4 is 29.0 Å². The number of amides is 1. The van der Waals surface area contributed by atoms with Gasteiger partial charge >= 0.3 is 0 Å². The molecule has 7 heteroatoms. The van der Waals surface area contributed by atoms with Gasteiger partial charge in [-0.3, -0.25) is 9.59 Å². The third-order valence-electron chi connectivity index (χ3n) is 3.24. The minimum atomic E-state index is -0.145. The second-order valence-electron chi connectivity index (χ2n) is 4.71. The van der Waals surface area contributed by atoms with Crippen molar-refractivity contribution in [3.05, 3.63) is 39.2 Å². The molecule has 1 heterocycles. The van der Waals surface area contributed by atoms with Gasteiger partial charge in [0.15, 0.2) is 5.78 Å². The summed E-state index contributed by atoms with van der Waals surface area (Å²) in [6.45, 7) is 2.16. The van der Waals surface area contributed by atoms with Crippen LogP contribution in [0.3, 0.4) is 0 Å². The Morgan fingerprint density at radius 3 is 3.00 bits per heavy atom. The summed E-state index contributed by atoms with van der Waals surface area (Å²) in [5, 5.41) is 3.96. The highest BCUT2D eigenvalue weighted by Crippen LogP contribution is 2.30. The Bertz CT molecular complexity index is 610. The third-order valence-corrected chi connectivity index (χ3v) is 3.47. The van der Waals surface area contributed by atoms with E-state index in [1.807, 2.05) is 0 Å². The molecule has 20 heavy (non-hydrogen) atoms. The average Bonchev–Trinajstić information content (AvgIpc) is 2.77. The summed E-state index contributed by atoms with van der Waals surface area (Å²) in [5.41, 5.74) is 9.31. The molecule has 1 aromatic carbocycles. The van der Waals surface area contributed by atoms with Crippen LogP contribution in [0.1, 0.15) is 23.7 Å². The Labute approximate surface area is 121 Å². The van der Waals surface area contributed by atoms with Crippen LogP contribution in [-0.4, -0.2) is 24.8 Å². The third kappa shape index (κ3) is 2.92. The molecule has 1 unspecified atom stereocenters. The van der Waals surface area contributed by atoms with Gasteiger partial charge in [-0.05, 0) is 36.6 Å². The minimum Gasteiger partial charge on any atom is -0.311 e. The van der Waals surface area contributed by atoms with Gasteiger partial charge in [-0.2, -0.15) is 0 Å². The number of anilines is 1. The smallest absolute Gasteiger partial charge is 0.227 e. The predicted octanol–water partition coefficient (Wildman–Crippen LogP) is 3.21. The lowest BCUT2D eigenvalue weighted by Gasteiger charge is -2.19. The molecule has 0 aliphatic carbocycles. The molecule has 1 atom stereocenters. The van der Waals surface area contributed by atoms with Crippen molar-refractivity contribution in [2.45, 2.75) is 13.3 Å². The summed E-state index contributed by atoms with van der Waals surface area (Å²) < 4.78 is 0. The topological polar surface area (TPSA) is 86.1 Å². The summed E-state index contributed by atoms with van der Waals surface area (Å²) in [7, 11) is 0. The van der Waals surface area contributed by atoms with Crippen molar-refractivity contribution in [2.75, 3.05) is 18.0 Å². The fourth-order valence-electron chi connectivity index (χ4n) is 2.31. The van der Waals surface area contributed by atoms with E-state index in [-0.39, 0.29) is 24.2 Å². The Kier molecular flexibility index (Phi) is 4.27. The first-order valence-corrected chi connectivity index (χ1v) is 6.52. The number of rotatable bonds is 4. The lowest BCUT2D eigenvalue weighted by molar-refractivity contribution is -0.117. The summed E-state index contributed by atoms with van der Waals surface area (Å²) in [5.74, 6) is -0.240. The first kappa shape index (κ1) is 14.4. The average molecular weight is 293 g/mol. The van der Waals surface area contributed by atoms with Crippen molar-refractivity contribution in [1.82, 2.24) is 0 Å². The zero-order chi connectivity index (χ0) is 14.7. The number of azide groups is 1. The number of carbonyl (C=O) groups excluding carboxylic acids is 2. The molecule has 0 N–H and O–H groups in total. The number of hydrogen-bond donors (Lipinski definition) is 0. The van der Waals surface area contributed by atoms with Crippen molar-refractivity contribution in [1.29, 1.82) is 0 Å². The molecule has 0 bridgehead atoms. The number of benzene rings is 1. The van der Waals surface area contributed by atoms with Gasteiger partial charge in [0.2, 0.25) is 5.91 Å². The first-order chi connectivity index (χ1) is 9.52. The Morgan fingerprint density at radius 2 is 2.35 bits per heavy atom. The van der Waals surface area contributed by atoms with Crippen LogP contribution in [0.4, 0.5) is 5.69 Å². The van der Waals surface area contributed by atoms with E-state index in [0.717, 1.165) is 0 Å². The zero-order valence-electron chi connectivity index (χ0n) is 10.9. The molecule has 1 aliphatic heterocycles. The molecule has 2 rings (SSSR count). The molecule has 1 fully saturated rings. The van der Waals surface area contributed by atoms with Gasteiger partial charge in [-0.15, -0.1) is 0 Å². The van der Waals surface area contributed by atoms with Crippen molar-refractivity contribution in [3.63, 3.8) is 0 Å². The largest absolute Gasteiger partial charge is 0.311 e. The van der Waals surface area contributed by atoms with Crippen LogP contribution in [0.2, 0.25) is 5.02 Å². The number of halogens is 1. The molecule has 1 aliphatic rings.